The maximum Gasteiger partial charge on any atom is 0.352 e. The van der Waals surface area contributed by atoms with Crippen LogP contribution in [0.3, 0.4) is 0 Å². The largest absolute Gasteiger partial charge is 0.480 e. The molecule has 0 bridgehead atoms. The van der Waals surface area contributed by atoms with Crippen LogP contribution in [0.4, 0.5) is 0 Å². The van der Waals surface area contributed by atoms with Gasteiger partial charge in [0.15, 0.2) is 0 Å². The van der Waals surface area contributed by atoms with E-state index in [2.05, 4.69) is 5.32 Å². The van der Waals surface area contributed by atoms with E-state index in [0.29, 0.717) is 6.42 Å². The lowest BCUT2D eigenvalue weighted by Crippen LogP contribution is -2.32. The van der Waals surface area contributed by atoms with Gasteiger partial charge in [-0.15, -0.1) is 0 Å². The minimum atomic E-state index is -1.16. The lowest BCUT2D eigenvalue weighted by atomic mass is 10.1. The Morgan fingerprint density at radius 3 is 1.96 bits per heavy atom. The highest BCUT2D eigenvalue weighted by Gasteiger charge is 2.11. The molecule has 27 heavy (non-hydrogen) atoms. The molecule has 0 heterocycles. The van der Waals surface area contributed by atoms with Crippen molar-refractivity contribution >= 4 is 23.9 Å². The van der Waals surface area contributed by atoms with Crippen molar-refractivity contribution in [3.8, 4) is 0 Å². The fraction of sp³-hybridized carbons (Fsp3) is 0.150. The maximum absolute atomic E-state index is 10.8. The number of hydrogen-bond donors (Lipinski definition) is 4. The Bertz CT molecular complexity index is 789. The number of nitrogens with two attached hydrogens (primary N) is 1. The summed E-state index contributed by atoms with van der Waals surface area (Å²) in [5, 5.41) is 19.6. The van der Waals surface area contributed by atoms with Gasteiger partial charge in [-0.05, 0) is 23.6 Å². The third-order valence-corrected chi connectivity index (χ3v) is 3.27. The van der Waals surface area contributed by atoms with Gasteiger partial charge in [0, 0.05) is 6.92 Å². The van der Waals surface area contributed by atoms with Crippen molar-refractivity contribution in [1.29, 1.82) is 0 Å². The highest BCUT2D eigenvalue weighted by atomic mass is 16.4. The van der Waals surface area contributed by atoms with Gasteiger partial charge in [0.1, 0.15) is 11.7 Å². The van der Waals surface area contributed by atoms with Crippen LogP contribution in [-0.2, 0) is 20.8 Å². The Balaban J connectivity index is 0.000000277. The molecule has 0 spiro atoms. The van der Waals surface area contributed by atoms with Gasteiger partial charge >= 0.3 is 11.9 Å². The van der Waals surface area contributed by atoms with E-state index in [1.165, 1.54) is 13.0 Å². The molecule has 7 nitrogen and oxygen atoms in total. The molecule has 0 aliphatic carbocycles. The first kappa shape index (κ1) is 21.6. The quantitative estimate of drug-likeness (QED) is 0.575. The van der Waals surface area contributed by atoms with Crippen LogP contribution in [0.1, 0.15) is 18.1 Å². The zero-order valence-electron chi connectivity index (χ0n) is 14.8. The molecule has 0 aliphatic heterocycles. The molecule has 5 N–H and O–H groups in total. The summed E-state index contributed by atoms with van der Waals surface area (Å²) >= 11 is 0. The number of nitrogens with one attached hydrogen (secondary N) is 1. The molecule has 0 radical (unpaired) electrons. The van der Waals surface area contributed by atoms with Gasteiger partial charge in [0.05, 0.1) is 0 Å². The van der Waals surface area contributed by atoms with E-state index >= 15 is 0 Å². The summed E-state index contributed by atoms with van der Waals surface area (Å²) in [7, 11) is 0. The van der Waals surface area contributed by atoms with Crippen LogP contribution in [0.25, 0.3) is 6.08 Å². The highest BCUT2D eigenvalue weighted by Crippen LogP contribution is 2.04. The van der Waals surface area contributed by atoms with Crippen LogP contribution < -0.4 is 11.1 Å². The van der Waals surface area contributed by atoms with Gasteiger partial charge in [0.25, 0.3) is 0 Å². The predicted octanol–water partition coefficient (Wildman–Crippen LogP) is 1.89. The number of rotatable bonds is 6. The first-order valence-electron chi connectivity index (χ1n) is 8.09. The molecular formula is C20H22N2O5. The average Bonchev–Trinajstić information content (AvgIpc) is 2.63. The van der Waals surface area contributed by atoms with Crippen LogP contribution in [0.2, 0.25) is 0 Å². The number of carboxylic acid groups (broad SMARTS) is 2. The number of aliphatic carboxylic acids is 2. The van der Waals surface area contributed by atoms with Crippen LogP contribution in [0.15, 0.2) is 66.4 Å². The van der Waals surface area contributed by atoms with Crippen LogP contribution in [0, 0.1) is 0 Å². The summed E-state index contributed by atoms with van der Waals surface area (Å²) in [5.41, 5.74) is 6.90. The molecule has 142 valence electrons. The molecule has 1 atom stereocenters. The molecular weight excluding hydrogens is 348 g/mol. The molecule has 0 aromatic heterocycles. The van der Waals surface area contributed by atoms with Crippen molar-refractivity contribution in [3.05, 3.63) is 77.5 Å². The Kier molecular flexibility index (Phi) is 8.97. The monoisotopic (exact) mass is 370 g/mol. The van der Waals surface area contributed by atoms with Crippen LogP contribution in [-0.4, -0.2) is 34.1 Å². The summed E-state index contributed by atoms with van der Waals surface area (Å²) < 4.78 is 0. The van der Waals surface area contributed by atoms with Gasteiger partial charge < -0.3 is 21.3 Å². The van der Waals surface area contributed by atoms with Gasteiger partial charge in [0.2, 0.25) is 5.91 Å². The summed E-state index contributed by atoms with van der Waals surface area (Å²) in [6.45, 7) is 1.27. The van der Waals surface area contributed by atoms with E-state index < -0.39 is 23.9 Å². The number of carbonyl (C=O) groups excluding carboxylic acids is 1. The van der Waals surface area contributed by atoms with Crippen LogP contribution >= 0.6 is 0 Å². The first-order chi connectivity index (χ1) is 12.8. The summed E-state index contributed by atoms with van der Waals surface area (Å²) in [5.74, 6) is -2.52. The molecule has 0 aliphatic rings. The summed E-state index contributed by atoms with van der Waals surface area (Å²) in [6.07, 6.45) is 1.79. The highest BCUT2D eigenvalue weighted by molar-refractivity contribution is 5.96. The Hall–Kier alpha value is -3.45. The van der Waals surface area contributed by atoms with Gasteiger partial charge in [-0.2, -0.15) is 0 Å². The maximum atomic E-state index is 10.8. The lowest BCUT2D eigenvalue weighted by molar-refractivity contribution is -0.138. The second kappa shape index (κ2) is 11.2. The second-order valence-electron chi connectivity index (χ2n) is 5.59. The predicted molar refractivity (Wildman–Crippen MR) is 102 cm³/mol. The van der Waals surface area contributed by atoms with E-state index in [1.807, 2.05) is 36.4 Å². The van der Waals surface area contributed by atoms with Crippen molar-refractivity contribution in [3.63, 3.8) is 0 Å². The molecule has 2 aromatic rings. The molecule has 1 amide bonds. The van der Waals surface area contributed by atoms with Crippen molar-refractivity contribution < 1.29 is 24.6 Å². The van der Waals surface area contributed by atoms with Crippen molar-refractivity contribution in [2.45, 2.75) is 19.4 Å². The first-order valence-corrected chi connectivity index (χ1v) is 8.09. The Morgan fingerprint density at radius 1 is 1.00 bits per heavy atom. The number of carboxylic acids is 2. The molecule has 2 rings (SSSR count). The fourth-order valence-corrected chi connectivity index (χ4v) is 2.01. The third-order valence-electron chi connectivity index (χ3n) is 3.27. The lowest BCUT2D eigenvalue weighted by Gasteiger charge is -2.04. The summed E-state index contributed by atoms with van der Waals surface area (Å²) in [6, 6.07) is 17.5. The number of benzene rings is 2. The number of amides is 1. The minimum Gasteiger partial charge on any atom is -0.480 e. The third kappa shape index (κ3) is 8.99. The molecule has 2 aromatic carbocycles. The fourth-order valence-electron chi connectivity index (χ4n) is 2.01. The zero-order valence-corrected chi connectivity index (χ0v) is 14.8. The molecule has 0 fully saturated rings. The van der Waals surface area contributed by atoms with Gasteiger partial charge in [-0.3, -0.25) is 9.59 Å². The number of carbonyl (C=O) groups is 3. The standard InChI is InChI=1S/C11H11NO3.C9H11NO2/c1-8(13)12-10(11(14)15)7-9-5-3-2-4-6-9;10-8(9(11)12)6-7-4-2-1-3-5-7/h2-7H,1H3,(H,12,13)(H,14,15);1-5,8H,6,10H2,(H,11,12)/t;8-/m.0/s1. The van der Waals surface area contributed by atoms with E-state index in [-0.39, 0.29) is 5.70 Å². The van der Waals surface area contributed by atoms with E-state index in [1.54, 1.807) is 24.3 Å². The zero-order chi connectivity index (χ0) is 20.2. The Morgan fingerprint density at radius 2 is 1.52 bits per heavy atom. The van der Waals surface area contributed by atoms with E-state index in [9.17, 15) is 14.4 Å². The van der Waals surface area contributed by atoms with Gasteiger partial charge in [-0.25, -0.2) is 4.79 Å². The van der Waals surface area contributed by atoms with Crippen LogP contribution in [0.5, 0.6) is 0 Å². The number of hydrogen-bond acceptors (Lipinski definition) is 4. The SMILES string of the molecule is CC(=O)NC(=Cc1ccccc1)C(=O)O.N[C@@H](Cc1ccccc1)C(=O)O. The van der Waals surface area contributed by atoms with Crippen molar-refractivity contribution in [2.24, 2.45) is 5.73 Å². The normalized spacial score (nSPS) is 11.6. The average molecular weight is 370 g/mol. The molecule has 0 saturated heterocycles. The topological polar surface area (TPSA) is 130 Å². The van der Waals surface area contributed by atoms with E-state index in [0.717, 1.165) is 11.1 Å². The summed E-state index contributed by atoms with van der Waals surface area (Å²) in [4.78, 5) is 31.9. The van der Waals surface area contributed by atoms with E-state index in [4.69, 9.17) is 15.9 Å². The molecule has 7 heteroatoms. The van der Waals surface area contributed by atoms with Crippen molar-refractivity contribution in [2.75, 3.05) is 0 Å². The Labute approximate surface area is 157 Å². The minimum absolute atomic E-state index is 0.131. The van der Waals surface area contributed by atoms with Crippen molar-refractivity contribution in [1.82, 2.24) is 5.32 Å². The molecule has 0 saturated carbocycles. The second-order valence-corrected chi connectivity index (χ2v) is 5.59. The smallest absolute Gasteiger partial charge is 0.352 e. The molecule has 0 unspecified atom stereocenters. The van der Waals surface area contributed by atoms with Gasteiger partial charge in [-0.1, -0.05) is 60.7 Å².